The van der Waals surface area contributed by atoms with E-state index in [2.05, 4.69) is 0 Å². The fourth-order valence-corrected chi connectivity index (χ4v) is 1.99. The molecular weight excluding hydrogens is 192 g/mol. The average molecular weight is 208 g/mol. The second-order valence-electron chi connectivity index (χ2n) is 4.53. The van der Waals surface area contributed by atoms with Gasteiger partial charge in [0.25, 0.3) is 0 Å². The van der Waals surface area contributed by atoms with Crippen molar-refractivity contribution < 1.29 is 14.6 Å². The lowest BCUT2D eigenvalue weighted by molar-refractivity contribution is 0.169. The zero-order valence-corrected chi connectivity index (χ0v) is 9.33. The van der Waals surface area contributed by atoms with E-state index in [-0.39, 0.29) is 18.8 Å². The minimum absolute atomic E-state index is 0.0909. The first-order valence-corrected chi connectivity index (χ1v) is 5.07. The third-order valence-corrected chi connectivity index (χ3v) is 2.82. The van der Waals surface area contributed by atoms with Crippen LogP contribution in [0.1, 0.15) is 25.0 Å². The van der Waals surface area contributed by atoms with Crippen LogP contribution in [0.3, 0.4) is 0 Å². The molecule has 0 atom stereocenters. The van der Waals surface area contributed by atoms with E-state index in [0.29, 0.717) is 0 Å². The molecule has 0 unspecified atom stereocenters. The van der Waals surface area contributed by atoms with Gasteiger partial charge in [0.1, 0.15) is 0 Å². The highest BCUT2D eigenvalue weighted by atomic mass is 16.7. The first-order valence-electron chi connectivity index (χ1n) is 5.07. The predicted octanol–water partition coefficient (Wildman–Crippen LogP) is 1.99. The minimum Gasteiger partial charge on any atom is -0.454 e. The predicted molar refractivity (Wildman–Crippen MR) is 57.4 cm³/mol. The summed E-state index contributed by atoms with van der Waals surface area (Å²) < 4.78 is 10.8. The molecule has 1 aliphatic rings. The highest BCUT2D eigenvalue weighted by Gasteiger charge is 2.30. The molecule has 0 radical (unpaired) electrons. The Morgan fingerprint density at radius 3 is 2.73 bits per heavy atom. The lowest BCUT2D eigenvalue weighted by Crippen LogP contribution is -2.23. The molecule has 15 heavy (non-hydrogen) atoms. The van der Waals surface area contributed by atoms with Gasteiger partial charge in [0.2, 0.25) is 6.79 Å². The first-order chi connectivity index (χ1) is 7.06. The Kier molecular flexibility index (Phi) is 2.35. The van der Waals surface area contributed by atoms with E-state index in [1.807, 2.05) is 32.9 Å². The molecule has 1 N–H and O–H groups in total. The zero-order valence-electron chi connectivity index (χ0n) is 9.33. The molecule has 0 saturated carbocycles. The average Bonchev–Trinajstić information content (AvgIpc) is 2.64. The van der Waals surface area contributed by atoms with Gasteiger partial charge in [-0.05, 0) is 18.6 Å². The molecule has 0 amide bonds. The molecule has 1 aliphatic heterocycles. The lowest BCUT2D eigenvalue weighted by Gasteiger charge is -2.25. The van der Waals surface area contributed by atoms with Crippen LogP contribution in [0, 0.1) is 6.92 Å². The summed E-state index contributed by atoms with van der Waals surface area (Å²) in [4.78, 5) is 0. The van der Waals surface area contributed by atoms with Gasteiger partial charge < -0.3 is 14.6 Å². The molecule has 1 heterocycles. The van der Waals surface area contributed by atoms with Crippen LogP contribution >= 0.6 is 0 Å². The van der Waals surface area contributed by atoms with Crippen LogP contribution in [0.2, 0.25) is 0 Å². The second-order valence-corrected chi connectivity index (χ2v) is 4.53. The topological polar surface area (TPSA) is 38.7 Å². The second kappa shape index (κ2) is 3.42. The van der Waals surface area contributed by atoms with E-state index in [0.717, 1.165) is 22.6 Å². The molecule has 2 rings (SSSR count). The Bertz CT molecular complexity index is 383. The molecular formula is C12H16O3. The van der Waals surface area contributed by atoms with Crippen molar-refractivity contribution in [2.24, 2.45) is 0 Å². The van der Waals surface area contributed by atoms with Crippen molar-refractivity contribution in [2.45, 2.75) is 26.2 Å². The van der Waals surface area contributed by atoms with Crippen LogP contribution in [-0.4, -0.2) is 18.5 Å². The van der Waals surface area contributed by atoms with E-state index >= 15 is 0 Å². The van der Waals surface area contributed by atoms with Crippen molar-refractivity contribution in [3.05, 3.63) is 23.3 Å². The molecule has 0 spiro atoms. The van der Waals surface area contributed by atoms with Crippen LogP contribution in [0.5, 0.6) is 11.5 Å². The Labute approximate surface area is 89.6 Å². The SMILES string of the molecule is Cc1ccc2c(c1C(C)(C)CO)OCO2. The maximum absolute atomic E-state index is 9.41. The number of fused-ring (bicyclic) bond motifs is 1. The van der Waals surface area contributed by atoms with Gasteiger partial charge in [-0.3, -0.25) is 0 Å². The monoisotopic (exact) mass is 208 g/mol. The van der Waals surface area contributed by atoms with Gasteiger partial charge in [-0.2, -0.15) is 0 Å². The minimum atomic E-state index is -0.302. The van der Waals surface area contributed by atoms with Crippen molar-refractivity contribution >= 4 is 0 Å². The number of aryl methyl sites for hydroxylation is 1. The van der Waals surface area contributed by atoms with Gasteiger partial charge in [0.05, 0.1) is 6.61 Å². The lowest BCUT2D eigenvalue weighted by atomic mass is 9.82. The standard InChI is InChI=1S/C12H16O3/c1-8-4-5-9-11(15-7-14-9)10(8)12(2,3)6-13/h4-5,13H,6-7H2,1-3H3. The van der Waals surface area contributed by atoms with Crippen LogP contribution in [0.4, 0.5) is 0 Å². The van der Waals surface area contributed by atoms with Crippen LogP contribution in [-0.2, 0) is 5.41 Å². The summed E-state index contributed by atoms with van der Waals surface area (Å²) in [6.45, 7) is 6.38. The van der Waals surface area contributed by atoms with Crippen LogP contribution in [0.25, 0.3) is 0 Å². The largest absolute Gasteiger partial charge is 0.454 e. The van der Waals surface area contributed by atoms with Crippen molar-refractivity contribution in [2.75, 3.05) is 13.4 Å². The number of aliphatic hydroxyl groups is 1. The fourth-order valence-electron chi connectivity index (χ4n) is 1.99. The Balaban J connectivity index is 2.60. The summed E-state index contributed by atoms with van der Waals surface area (Å²) in [6, 6.07) is 3.91. The van der Waals surface area contributed by atoms with Gasteiger partial charge in [-0.25, -0.2) is 0 Å². The van der Waals surface area contributed by atoms with E-state index in [1.165, 1.54) is 0 Å². The highest BCUT2D eigenvalue weighted by Crippen LogP contribution is 2.43. The Morgan fingerprint density at radius 1 is 1.33 bits per heavy atom. The summed E-state index contributed by atoms with van der Waals surface area (Å²) in [5, 5.41) is 9.41. The number of aliphatic hydroxyl groups excluding tert-OH is 1. The summed E-state index contributed by atoms with van der Waals surface area (Å²) in [5.74, 6) is 1.56. The fraction of sp³-hybridized carbons (Fsp3) is 0.500. The molecule has 3 heteroatoms. The van der Waals surface area contributed by atoms with Crippen molar-refractivity contribution in [3.8, 4) is 11.5 Å². The molecule has 82 valence electrons. The third kappa shape index (κ3) is 1.57. The number of rotatable bonds is 2. The molecule has 0 bridgehead atoms. The smallest absolute Gasteiger partial charge is 0.231 e. The molecule has 1 aromatic carbocycles. The third-order valence-electron chi connectivity index (χ3n) is 2.82. The molecule has 0 fully saturated rings. The normalized spacial score (nSPS) is 14.4. The van der Waals surface area contributed by atoms with Gasteiger partial charge in [0.15, 0.2) is 11.5 Å². The summed E-state index contributed by atoms with van der Waals surface area (Å²) in [7, 11) is 0. The van der Waals surface area contributed by atoms with Crippen LogP contribution < -0.4 is 9.47 Å². The number of benzene rings is 1. The van der Waals surface area contributed by atoms with E-state index in [1.54, 1.807) is 0 Å². The van der Waals surface area contributed by atoms with Crippen molar-refractivity contribution in [1.29, 1.82) is 0 Å². The number of hydrogen-bond acceptors (Lipinski definition) is 3. The Morgan fingerprint density at radius 2 is 2.07 bits per heavy atom. The molecule has 1 aromatic rings. The molecule has 3 nitrogen and oxygen atoms in total. The van der Waals surface area contributed by atoms with Crippen LogP contribution in [0.15, 0.2) is 12.1 Å². The summed E-state index contributed by atoms with van der Waals surface area (Å²) in [6.07, 6.45) is 0. The number of hydrogen-bond donors (Lipinski definition) is 1. The molecule has 0 aromatic heterocycles. The molecule has 0 saturated heterocycles. The number of ether oxygens (including phenoxy) is 2. The first kappa shape index (κ1) is 10.3. The highest BCUT2D eigenvalue weighted by molar-refractivity contribution is 5.54. The summed E-state index contributed by atoms with van der Waals surface area (Å²) >= 11 is 0. The maximum atomic E-state index is 9.41. The molecule has 0 aliphatic carbocycles. The van der Waals surface area contributed by atoms with Crippen molar-refractivity contribution in [3.63, 3.8) is 0 Å². The Hall–Kier alpha value is -1.22. The van der Waals surface area contributed by atoms with E-state index in [4.69, 9.17) is 9.47 Å². The van der Waals surface area contributed by atoms with E-state index in [9.17, 15) is 5.11 Å². The maximum Gasteiger partial charge on any atom is 0.231 e. The van der Waals surface area contributed by atoms with Gasteiger partial charge in [-0.1, -0.05) is 19.9 Å². The zero-order chi connectivity index (χ0) is 11.1. The van der Waals surface area contributed by atoms with E-state index < -0.39 is 0 Å². The van der Waals surface area contributed by atoms with Crippen molar-refractivity contribution in [1.82, 2.24) is 0 Å². The van der Waals surface area contributed by atoms with Gasteiger partial charge in [-0.15, -0.1) is 0 Å². The summed E-state index contributed by atoms with van der Waals surface area (Å²) in [5.41, 5.74) is 1.86. The van der Waals surface area contributed by atoms with Gasteiger partial charge in [0, 0.05) is 11.0 Å². The van der Waals surface area contributed by atoms with Gasteiger partial charge >= 0.3 is 0 Å². The quantitative estimate of drug-likeness (QED) is 0.807.